The topological polar surface area (TPSA) is 52.3 Å². The van der Waals surface area contributed by atoms with Crippen molar-refractivity contribution in [2.75, 3.05) is 18.7 Å². The quantitative estimate of drug-likeness (QED) is 0.683. The van der Waals surface area contributed by atoms with Crippen LogP contribution in [0.1, 0.15) is 5.56 Å². The highest BCUT2D eigenvalue weighted by Crippen LogP contribution is 2.12. The number of benzene rings is 1. The third-order valence-electron chi connectivity index (χ3n) is 1.69. The zero-order valence-corrected chi connectivity index (χ0v) is 11.3. The number of halogens is 2. The van der Waals surface area contributed by atoms with E-state index in [9.17, 15) is 9.18 Å². The highest BCUT2D eigenvalue weighted by Gasteiger charge is 1.96. The third kappa shape index (κ3) is 8.01. The summed E-state index contributed by atoms with van der Waals surface area (Å²) in [5.74, 6) is 0.391. The number of methoxy groups -OCH3 is 1. The largest absolute Gasteiger partial charge is 0.468 e. The minimum absolute atomic E-state index is 0.209. The number of esters is 1. The van der Waals surface area contributed by atoms with E-state index in [1.807, 2.05) is 0 Å². The van der Waals surface area contributed by atoms with E-state index in [0.717, 1.165) is 0 Å². The van der Waals surface area contributed by atoms with Gasteiger partial charge in [0.1, 0.15) is 5.82 Å². The van der Waals surface area contributed by atoms with Gasteiger partial charge >= 0.3 is 5.97 Å². The Morgan fingerprint density at radius 1 is 1.59 bits per heavy atom. The second kappa shape index (κ2) is 9.27. The van der Waals surface area contributed by atoms with Crippen molar-refractivity contribution in [1.82, 2.24) is 0 Å². The Bertz CT molecular complexity index is 363. The van der Waals surface area contributed by atoms with E-state index in [4.69, 9.17) is 17.3 Å². The predicted molar refractivity (Wildman–Crippen MR) is 69.7 cm³/mol. The molecule has 0 heterocycles. The monoisotopic (exact) mass is 279 g/mol. The van der Waals surface area contributed by atoms with E-state index < -0.39 is 0 Å². The summed E-state index contributed by atoms with van der Waals surface area (Å²) in [6.45, 7) is 1.68. The summed E-state index contributed by atoms with van der Waals surface area (Å²) in [5.41, 5.74) is 5.67. The first-order valence-corrected chi connectivity index (χ1v) is 6.30. The Hall–Kier alpha value is -0.780. The van der Waals surface area contributed by atoms with Gasteiger partial charge in [-0.05, 0) is 30.7 Å². The highest BCUT2D eigenvalue weighted by molar-refractivity contribution is 7.99. The van der Waals surface area contributed by atoms with Gasteiger partial charge in [-0.1, -0.05) is 11.6 Å². The van der Waals surface area contributed by atoms with Gasteiger partial charge in [0.2, 0.25) is 0 Å². The zero-order chi connectivity index (χ0) is 13.3. The summed E-state index contributed by atoms with van der Waals surface area (Å²) in [7, 11) is 1.36. The molecule has 96 valence electrons. The predicted octanol–water partition coefficient (Wildman–Crippen LogP) is 2.60. The molecule has 6 heteroatoms. The number of nitrogens with two attached hydrogens (primary N) is 1. The molecule has 0 aliphatic rings. The van der Waals surface area contributed by atoms with Gasteiger partial charge in [0.05, 0.1) is 12.9 Å². The lowest BCUT2D eigenvalue weighted by atomic mass is 10.2. The Morgan fingerprint density at radius 2 is 2.24 bits per heavy atom. The Kier molecular flexibility index (Phi) is 8.85. The molecule has 0 atom stereocenters. The van der Waals surface area contributed by atoms with Crippen LogP contribution in [0, 0.1) is 12.7 Å². The van der Waals surface area contributed by atoms with Crippen molar-refractivity contribution in [3.05, 3.63) is 34.6 Å². The molecule has 0 aromatic heterocycles. The normalized spacial score (nSPS) is 9.24. The van der Waals surface area contributed by atoms with Crippen LogP contribution in [0.2, 0.25) is 5.02 Å². The van der Waals surface area contributed by atoms with Gasteiger partial charge in [-0.3, -0.25) is 4.79 Å². The molecular formula is C11H15ClFNO2S. The molecule has 0 spiro atoms. The molecule has 3 nitrogen and oxygen atoms in total. The lowest BCUT2D eigenvalue weighted by Crippen LogP contribution is -2.05. The van der Waals surface area contributed by atoms with Crippen LogP contribution in [-0.4, -0.2) is 24.7 Å². The fraction of sp³-hybridized carbons (Fsp3) is 0.364. The lowest BCUT2D eigenvalue weighted by molar-refractivity contribution is -0.137. The summed E-state index contributed by atoms with van der Waals surface area (Å²) < 4.78 is 16.8. The molecule has 2 N–H and O–H groups in total. The third-order valence-corrected chi connectivity index (χ3v) is 2.60. The van der Waals surface area contributed by atoms with Crippen LogP contribution >= 0.6 is 23.4 Å². The minimum Gasteiger partial charge on any atom is -0.468 e. The average molecular weight is 280 g/mol. The highest BCUT2D eigenvalue weighted by atomic mass is 35.5. The lowest BCUT2D eigenvalue weighted by Gasteiger charge is -1.93. The molecule has 0 bridgehead atoms. The van der Waals surface area contributed by atoms with Gasteiger partial charge in [-0.15, -0.1) is 11.8 Å². The summed E-state index contributed by atoms with van der Waals surface area (Å²) in [4.78, 5) is 10.3. The number of hydrogen-bond acceptors (Lipinski definition) is 4. The fourth-order valence-electron chi connectivity index (χ4n) is 0.809. The van der Waals surface area contributed by atoms with Gasteiger partial charge in [0.15, 0.2) is 0 Å². The number of carbonyl (C=O) groups excluding carboxylic acids is 1. The van der Waals surface area contributed by atoms with Crippen LogP contribution in [0.5, 0.6) is 0 Å². The van der Waals surface area contributed by atoms with Crippen LogP contribution in [0.15, 0.2) is 18.2 Å². The van der Waals surface area contributed by atoms with Crippen LogP contribution < -0.4 is 5.73 Å². The smallest absolute Gasteiger partial charge is 0.315 e. The number of aryl methyl sites for hydroxylation is 1. The summed E-state index contributed by atoms with van der Waals surface area (Å²) >= 11 is 6.89. The van der Waals surface area contributed by atoms with Crippen LogP contribution in [-0.2, 0) is 9.53 Å². The van der Waals surface area contributed by atoms with Crippen molar-refractivity contribution >= 4 is 29.3 Å². The summed E-state index contributed by atoms with van der Waals surface area (Å²) in [6.07, 6.45) is 0. The Balaban J connectivity index is 0.000000304. The van der Waals surface area contributed by atoms with Crippen molar-refractivity contribution < 1.29 is 13.9 Å². The van der Waals surface area contributed by atoms with E-state index in [1.54, 1.807) is 13.0 Å². The first kappa shape index (κ1) is 16.2. The van der Waals surface area contributed by atoms with Gasteiger partial charge < -0.3 is 10.5 Å². The van der Waals surface area contributed by atoms with Crippen molar-refractivity contribution in [2.45, 2.75) is 6.92 Å². The molecule has 0 saturated carbocycles. The first-order chi connectivity index (χ1) is 8.01. The fourth-order valence-corrected chi connectivity index (χ4v) is 1.44. The van der Waals surface area contributed by atoms with Crippen LogP contribution in [0.25, 0.3) is 0 Å². The summed E-state index contributed by atoms with van der Waals surface area (Å²) in [6, 6.07) is 4.48. The SMILES string of the molecule is COC(=O)CSCN.Cc1cc(Cl)ccc1F. The molecule has 0 aliphatic heterocycles. The zero-order valence-electron chi connectivity index (χ0n) is 9.70. The molecule has 0 amide bonds. The summed E-state index contributed by atoms with van der Waals surface area (Å²) in [5, 5.41) is 0.578. The molecule has 0 saturated heterocycles. The van der Waals surface area contributed by atoms with Crippen molar-refractivity contribution in [3.8, 4) is 0 Å². The molecule has 0 unspecified atom stereocenters. The number of thioether (sulfide) groups is 1. The van der Waals surface area contributed by atoms with Gasteiger partial charge in [0, 0.05) is 10.9 Å². The molecule has 1 aromatic rings. The molecule has 0 fully saturated rings. The number of hydrogen-bond donors (Lipinski definition) is 1. The number of carbonyl (C=O) groups is 1. The Labute approximate surface area is 109 Å². The van der Waals surface area contributed by atoms with Gasteiger partial charge in [-0.25, -0.2) is 4.39 Å². The molecule has 17 heavy (non-hydrogen) atoms. The van der Waals surface area contributed by atoms with E-state index in [2.05, 4.69) is 4.74 Å². The molecule has 1 aromatic carbocycles. The van der Waals surface area contributed by atoms with E-state index in [1.165, 1.54) is 31.0 Å². The average Bonchev–Trinajstić information content (AvgIpc) is 2.32. The van der Waals surface area contributed by atoms with Crippen LogP contribution in [0.4, 0.5) is 4.39 Å². The van der Waals surface area contributed by atoms with Crippen molar-refractivity contribution in [1.29, 1.82) is 0 Å². The maximum atomic E-state index is 12.4. The second-order valence-corrected chi connectivity index (χ2v) is 4.45. The maximum Gasteiger partial charge on any atom is 0.315 e. The minimum atomic E-state index is -0.222. The standard InChI is InChI=1S/C7H6ClF.C4H9NO2S/c1-5-4-6(8)2-3-7(5)9;1-7-4(6)2-8-3-5/h2-4H,1H3;2-3,5H2,1H3. The van der Waals surface area contributed by atoms with Crippen molar-refractivity contribution in [3.63, 3.8) is 0 Å². The van der Waals surface area contributed by atoms with Crippen molar-refractivity contribution in [2.24, 2.45) is 5.73 Å². The second-order valence-electron chi connectivity index (χ2n) is 2.98. The molecule has 1 rings (SSSR count). The maximum absolute atomic E-state index is 12.4. The van der Waals surface area contributed by atoms with Crippen LogP contribution in [0.3, 0.4) is 0 Å². The molecular weight excluding hydrogens is 265 g/mol. The molecule has 0 aliphatic carbocycles. The van der Waals surface area contributed by atoms with E-state index in [-0.39, 0.29) is 11.8 Å². The number of ether oxygens (including phenoxy) is 1. The Morgan fingerprint density at radius 3 is 2.65 bits per heavy atom. The van der Waals surface area contributed by atoms with E-state index >= 15 is 0 Å². The van der Waals surface area contributed by atoms with Gasteiger partial charge in [0.25, 0.3) is 0 Å². The number of rotatable bonds is 3. The first-order valence-electron chi connectivity index (χ1n) is 4.77. The molecule has 0 radical (unpaired) electrons. The van der Waals surface area contributed by atoms with Gasteiger partial charge in [-0.2, -0.15) is 0 Å². The van der Waals surface area contributed by atoms with E-state index in [0.29, 0.717) is 22.2 Å².